The molecular formula is C22H29N3. The minimum absolute atomic E-state index is 0.365. The van der Waals surface area contributed by atoms with Gasteiger partial charge in [-0.3, -0.25) is 0 Å². The molecule has 0 aromatic heterocycles. The average molecular weight is 335 g/mol. The normalized spacial score (nSPS) is 30.1. The lowest BCUT2D eigenvalue weighted by Gasteiger charge is -2.39. The van der Waals surface area contributed by atoms with E-state index < -0.39 is 0 Å². The lowest BCUT2D eigenvalue weighted by molar-refractivity contribution is 0.275. The smallest absolute Gasteiger partial charge is 0.0578 e. The van der Waals surface area contributed by atoms with Crippen molar-refractivity contribution >= 4 is 6.21 Å². The third kappa shape index (κ3) is 4.22. The maximum Gasteiger partial charge on any atom is 0.0578 e. The van der Waals surface area contributed by atoms with Crippen LogP contribution in [0.5, 0.6) is 0 Å². The summed E-state index contributed by atoms with van der Waals surface area (Å²) in [5.41, 5.74) is 9.64. The summed E-state index contributed by atoms with van der Waals surface area (Å²) in [6.45, 7) is 3.21. The first-order chi connectivity index (χ1) is 12.2. The summed E-state index contributed by atoms with van der Waals surface area (Å²) < 4.78 is 0. The average Bonchev–Trinajstić information content (AvgIpc) is 2.62. The Labute approximate surface area is 151 Å². The van der Waals surface area contributed by atoms with Crippen LogP contribution in [0.25, 0.3) is 0 Å². The molecule has 0 bridgehead atoms. The van der Waals surface area contributed by atoms with Crippen LogP contribution in [0.4, 0.5) is 0 Å². The third-order valence-corrected chi connectivity index (χ3v) is 5.45. The minimum atomic E-state index is 0.365. The summed E-state index contributed by atoms with van der Waals surface area (Å²) in [6, 6.07) is 0.365. The molecule has 0 spiro atoms. The molecule has 3 atom stereocenters. The van der Waals surface area contributed by atoms with Crippen molar-refractivity contribution in [3.05, 3.63) is 71.7 Å². The number of nitrogens with one attached hydrogen (secondary N) is 1. The highest BCUT2D eigenvalue weighted by Crippen LogP contribution is 2.34. The van der Waals surface area contributed by atoms with E-state index in [1.807, 2.05) is 6.08 Å². The van der Waals surface area contributed by atoms with Gasteiger partial charge in [-0.25, -0.2) is 0 Å². The van der Waals surface area contributed by atoms with E-state index in [2.05, 4.69) is 60.4 Å². The zero-order valence-corrected chi connectivity index (χ0v) is 15.1. The summed E-state index contributed by atoms with van der Waals surface area (Å²) in [5, 5.41) is 7.27. The molecule has 3 nitrogen and oxygen atoms in total. The Bertz CT molecular complexity index is 675. The van der Waals surface area contributed by atoms with Crippen LogP contribution >= 0.6 is 0 Å². The van der Waals surface area contributed by atoms with Gasteiger partial charge in [0.15, 0.2) is 0 Å². The summed E-state index contributed by atoms with van der Waals surface area (Å²) in [7, 11) is 0. The molecule has 132 valence electrons. The van der Waals surface area contributed by atoms with Gasteiger partial charge < -0.3 is 16.0 Å². The molecule has 3 heteroatoms. The molecule has 0 saturated carbocycles. The van der Waals surface area contributed by atoms with Crippen molar-refractivity contribution < 1.29 is 0 Å². The number of rotatable bonds is 5. The van der Waals surface area contributed by atoms with E-state index in [4.69, 9.17) is 11.1 Å². The van der Waals surface area contributed by atoms with Gasteiger partial charge in [0, 0.05) is 17.9 Å². The molecule has 0 amide bonds. The van der Waals surface area contributed by atoms with Crippen LogP contribution < -0.4 is 5.73 Å². The summed E-state index contributed by atoms with van der Waals surface area (Å²) in [6.07, 6.45) is 25.3. The van der Waals surface area contributed by atoms with Gasteiger partial charge in [0.25, 0.3) is 0 Å². The van der Waals surface area contributed by atoms with Crippen molar-refractivity contribution in [1.29, 1.82) is 5.41 Å². The number of nitrogens with zero attached hydrogens (tertiary/aromatic N) is 1. The zero-order valence-electron chi connectivity index (χ0n) is 15.1. The summed E-state index contributed by atoms with van der Waals surface area (Å²) in [4.78, 5) is 2.54. The zero-order chi connectivity index (χ0) is 17.6. The van der Waals surface area contributed by atoms with Crippen molar-refractivity contribution in [1.82, 2.24) is 4.90 Å². The number of nitrogens with two attached hydrogens (primary N) is 1. The number of allylic oxidation sites excluding steroid dienone is 7. The van der Waals surface area contributed by atoms with Crippen LogP contribution in [0.15, 0.2) is 71.7 Å². The predicted molar refractivity (Wildman–Crippen MR) is 106 cm³/mol. The van der Waals surface area contributed by atoms with E-state index in [0.29, 0.717) is 17.9 Å². The molecule has 3 N–H and O–H groups in total. The van der Waals surface area contributed by atoms with Gasteiger partial charge in [-0.2, -0.15) is 0 Å². The molecule has 25 heavy (non-hydrogen) atoms. The first-order valence-corrected chi connectivity index (χ1v) is 9.32. The van der Waals surface area contributed by atoms with Gasteiger partial charge >= 0.3 is 0 Å². The van der Waals surface area contributed by atoms with Crippen molar-refractivity contribution in [2.45, 2.75) is 38.6 Å². The molecule has 0 aromatic rings. The van der Waals surface area contributed by atoms with Crippen LogP contribution in [0.2, 0.25) is 0 Å². The molecule has 0 radical (unpaired) electrons. The first-order valence-electron chi connectivity index (χ1n) is 9.32. The van der Waals surface area contributed by atoms with Crippen molar-refractivity contribution in [3.63, 3.8) is 0 Å². The first kappa shape index (κ1) is 17.5. The Kier molecular flexibility index (Phi) is 5.75. The second-order valence-corrected chi connectivity index (χ2v) is 7.22. The van der Waals surface area contributed by atoms with Crippen LogP contribution in [0.3, 0.4) is 0 Å². The number of fused-ring (bicyclic) bond motifs is 1. The largest absolute Gasteiger partial charge is 0.399 e. The maximum absolute atomic E-state index is 7.27. The van der Waals surface area contributed by atoms with E-state index in [1.54, 1.807) is 0 Å². The minimum Gasteiger partial charge on any atom is -0.399 e. The van der Waals surface area contributed by atoms with Gasteiger partial charge in [-0.15, -0.1) is 0 Å². The quantitative estimate of drug-likeness (QED) is 0.728. The third-order valence-electron chi connectivity index (χ3n) is 5.45. The fraction of sp³-hybridized carbons (Fsp3) is 0.409. The molecular weight excluding hydrogens is 306 g/mol. The maximum atomic E-state index is 7.27. The van der Waals surface area contributed by atoms with Gasteiger partial charge in [0.2, 0.25) is 0 Å². The van der Waals surface area contributed by atoms with Crippen molar-refractivity contribution in [2.75, 3.05) is 6.54 Å². The Hall–Kier alpha value is -2.29. The SMILES string of the molecule is CC(CCC=N)C1C=CC=C(N2C/C=C\C(N)=C\C3=CC=CCC32)C1. The highest BCUT2D eigenvalue weighted by atomic mass is 15.2. The Morgan fingerprint density at radius 3 is 3.04 bits per heavy atom. The fourth-order valence-electron chi connectivity index (χ4n) is 3.92. The van der Waals surface area contributed by atoms with Crippen LogP contribution in [0, 0.1) is 17.2 Å². The van der Waals surface area contributed by atoms with Crippen LogP contribution in [-0.4, -0.2) is 23.7 Å². The fourth-order valence-corrected chi connectivity index (χ4v) is 3.92. The van der Waals surface area contributed by atoms with E-state index >= 15 is 0 Å². The molecule has 3 rings (SSSR count). The lowest BCUT2D eigenvalue weighted by atomic mass is 9.83. The van der Waals surface area contributed by atoms with E-state index in [-0.39, 0.29) is 0 Å². The summed E-state index contributed by atoms with van der Waals surface area (Å²) >= 11 is 0. The van der Waals surface area contributed by atoms with E-state index in [1.165, 1.54) is 17.5 Å². The Morgan fingerprint density at radius 2 is 2.20 bits per heavy atom. The summed E-state index contributed by atoms with van der Waals surface area (Å²) in [5.74, 6) is 1.16. The monoisotopic (exact) mass is 335 g/mol. The second kappa shape index (κ2) is 8.19. The van der Waals surface area contributed by atoms with Gasteiger partial charge in [-0.05, 0) is 67.5 Å². The molecule has 1 aliphatic heterocycles. The second-order valence-electron chi connectivity index (χ2n) is 7.22. The van der Waals surface area contributed by atoms with Gasteiger partial charge in [0.1, 0.15) is 0 Å². The lowest BCUT2D eigenvalue weighted by Crippen LogP contribution is -2.38. The molecule has 1 heterocycles. The van der Waals surface area contributed by atoms with Crippen molar-refractivity contribution in [2.24, 2.45) is 17.6 Å². The predicted octanol–water partition coefficient (Wildman–Crippen LogP) is 4.48. The van der Waals surface area contributed by atoms with Gasteiger partial charge in [-0.1, -0.05) is 43.4 Å². The number of hydrogen-bond donors (Lipinski definition) is 2. The molecule has 0 fully saturated rings. The van der Waals surface area contributed by atoms with E-state index in [0.717, 1.165) is 37.9 Å². The Balaban J connectivity index is 1.78. The topological polar surface area (TPSA) is 53.1 Å². The van der Waals surface area contributed by atoms with Crippen LogP contribution in [0.1, 0.15) is 32.6 Å². The molecule has 0 aromatic carbocycles. The molecule has 3 aliphatic rings. The molecule has 3 unspecified atom stereocenters. The Morgan fingerprint density at radius 1 is 1.32 bits per heavy atom. The van der Waals surface area contributed by atoms with Crippen molar-refractivity contribution in [3.8, 4) is 0 Å². The molecule has 0 saturated heterocycles. The standard InChI is InChI=1S/C22H29N3/c1-17(7-5-13-23)18-9-4-11-21(16-18)25-14-6-10-20(24)15-19-8-2-3-12-22(19)25/h2-4,6,8-11,13,15,17-18,22-23H,5,7,12,14,16,24H2,1H3/b10-6-,20-15-,23-13?. The highest BCUT2D eigenvalue weighted by Gasteiger charge is 2.27. The molecule has 2 aliphatic carbocycles. The van der Waals surface area contributed by atoms with Gasteiger partial charge in [0.05, 0.1) is 6.04 Å². The van der Waals surface area contributed by atoms with E-state index in [9.17, 15) is 0 Å². The highest BCUT2D eigenvalue weighted by molar-refractivity contribution is 5.52. The van der Waals surface area contributed by atoms with Crippen LogP contribution in [-0.2, 0) is 0 Å². The number of hydrogen-bond acceptors (Lipinski definition) is 3.